The van der Waals surface area contributed by atoms with Gasteiger partial charge < -0.3 is 15.5 Å². The number of hydrogen-bond donors (Lipinski definition) is 3. The molecule has 2 unspecified atom stereocenters. The van der Waals surface area contributed by atoms with Gasteiger partial charge in [0.15, 0.2) is 0 Å². The van der Waals surface area contributed by atoms with Gasteiger partial charge in [0, 0.05) is 24.2 Å². The van der Waals surface area contributed by atoms with Crippen LogP contribution in [0.2, 0.25) is 0 Å². The first-order chi connectivity index (χ1) is 13.7. The van der Waals surface area contributed by atoms with Crippen molar-refractivity contribution in [1.82, 2.24) is 20.1 Å². The summed E-state index contributed by atoms with van der Waals surface area (Å²) in [5.74, 6) is -0.207. The van der Waals surface area contributed by atoms with Crippen LogP contribution in [-0.4, -0.2) is 62.1 Å². The van der Waals surface area contributed by atoms with Crippen molar-refractivity contribution in [3.63, 3.8) is 0 Å². The largest absolute Gasteiger partial charge is 0.507 e. The Labute approximate surface area is 166 Å². The number of aryl methyl sites for hydroxylation is 1. The van der Waals surface area contributed by atoms with Crippen molar-refractivity contribution in [2.24, 2.45) is 0 Å². The number of aromatic hydroxyl groups is 1. The molecule has 7 nitrogen and oxygen atoms in total. The highest BCUT2D eigenvalue weighted by Crippen LogP contribution is 2.36. The van der Waals surface area contributed by atoms with Gasteiger partial charge in [-0.05, 0) is 51.4 Å². The third-order valence-electron chi connectivity index (χ3n) is 5.11. The smallest absolute Gasteiger partial charge is 0.416 e. The molecule has 0 saturated carbocycles. The molecule has 2 heterocycles. The van der Waals surface area contributed by atoms with Crippen molar-refractivity contribution in [2.45, 2.75) is 44.9 Å². The van der Waals surface area contributed by atoms with Gasteiger partial charge >= 0.3 is 6.18 Å². The standard InChI is InChI=1S/C19H24F3N5O2/c1-11(10-28)27-7-3-4-14(9-27)24-18-23-12(2)17(25-26-18)15-6-5-13(8-16(15)29)19(20,21)22/h5-6,8,11,14,28-29H,3-4,7,9-10H2,1-2H3,(H,23,24,26). The van der Waals surface area contributed by atoms with Crippen LogP contribution in [0.5, 0.6) is 5.75 Å². The number of piperidine rings is 1. The third kappa shape index (κ3) is 4.94. The summed E-state index contributed by atoms with van der Waals surface area (Å²) in [6.45, 7) is 5.38. The summed E-state index contributed by atoms with van der Waals surface area (Å²) < 4.78 is 38.3. The maximum Gasteiger partial charge on any atom is 0.416 e. The van der Waals surface area contributed by atoms with Gasteiger partial charge in [-0.15, -0.1) is 10.2 Å². The molecule has 1 aliphatic rings. The van der Waals surface area contributed by atoms with Crippen LogP contribution in [0.25, 0.3) is 11.3 Å². The van der Waals surface area contributed by atoms with E-state index in [1.165, 1.54) is 6.07 Å². The van der Waals surface area contributed by atoms with E-state index in [0.29, 0.717) is 17.7 Å². The average Bonchev–Trinajstić information content (AvgIpc) is 2.67. The number of aliphatic hydroxyl groups is 1. The van der Waals surface area contributed by atoms with Crippen LogP contribution in [0.1, 0.15) is 31.0 Å². The number of nitrogens with zero attached hydrogens (tertiary/aromatic N) is 4. The number of hydrogen-bond acceptors (Lipinski definition) is 7. The molecule has 1 aliphatic heterocycles. The number of benzene rings is 1. The zero-order chi connectivity index (χ0) is 21.2. The Morgan fingerprint density at radius 3 is 2.69 bits per heavy atom. The van der Waals surface area contributed by atoms with E-state index in [9.17, 15) is 23.4 Å². The third-order valence-corrected chi connectivity index (χ3v) is 5.11. The van der Waals surface area contributed by atoms with Gasteiger partial charge in [-0.25, -0.2) is 4.98 Å². The average molecular weight is 411 g/mol. The number of nitrogens with one attached hydrogen (secondary N) is 1. The Morgan fingerprint density at radius 2 is 2.07 bits per heavy atom. The maximum atomic E-state index is 12.8. The lowest BCUT2D eigenvalue weighted by Crippen LogP contribution is -2.47. The first-order valence-corrected chi connectivity index (χ1v) is 9.42. The molecule has 10 heteroatoms. The van der Waals surface area contributed by atoms with Crippen LogP contribution in [-0.2, 0) is 6.18 Å². The van der Waals surface area contributed by atoms with Crippen molar-refractivity contribution < 1.29 is 23.4 Å². The lowest BCUT2D eigenvalue weighted by molar-refractivity contribution is -0.137. The summed E-state index contributed by atoms with van der Waals surface area (Å²) in [5.41, 5.74) is -0.132. The Balaban J connectivity index is 1.75. The highest BCUT2D eigenvalue weighted by Gasteiger charge is 2.31. The minimum absolute atomic E-state index is 0.0744. The van der Waals surface area contributed by atoms with E-state index >= 15 is 0 Å². The van der Waals surface area contributed by atoms with Crippen LogP contribution < -0.4 is 5.32 Å². The summed E-state index contributed by atoms with van der Waals surface area (Å²) in [5, 5.41) is 30.7. The van der Waals surface area contributed by atoms with E-state index in [-0.39, 0.29) is 29.9 Å². The number of phenols is 1. The molecule has 1 aromatic carbocycles. The second kappa shape index (κ2) is 8.50. The predicted molar refractivity (Wildman–Crippen MR) is 101 cm³/mol. The zero-order valence-corrected chi connectivity index (χ0v) is 16.2. The van der Waals surface area contributed by atoms with Crippen molar-refractivity contribution in [1.29, 1.82) is 0 Å². The fourth-order valence-corrected chi connectivity index (χ4v) is 3.44. The minimum atomic E-state index is -4.54. The molecule has 0 radical (unpaired) electrons. The summed E-state index contributed by atoms with van der Waals surface area (Å²) in [6.07, 6.45) is -2.63. The van der Waals surface area contributed by atoms with E-state index in [0.717, 1.165) is 32.0 Å². The minimum Gasteiger partial charge on any atom is -0.507 e. The fraction of sp³-hybridized carbons (Fsp3) is 0.526. The first-order valence-electron chi connectivity index (χ1n) is 9.42. The summed E-state index contributed by atoms with van der Waals surface area (Å²) in [6, 6.07) is 2.90. The quantitative estimate of drug-likeness (QED) is 0.697. The molecule has 0 spiro atoms. The van der Waals surface area contributed by atoms with Crippen LogP contribution in [0.4, 0.5) is 19.1 Å². The van der Waals surface area contributed by atoms with E-state index in [1.807, 2.05) is 6.92 Å². The number of halogens is 3. The van der Waals surface area contributed by atoms with E-state index in [1.54, 1.807) is 6.92 Å². The molecule has 0 amide bonds. The zero-order valence-electron chi connectivity index (χ0n) is 16.2. The Bertz CT molecular complexity index is 862. The molecule has 2 aromatic rings. The number of aromatic nitrogens is 3. The molecular weight excluding hydrogens is 387 g/mol. The molecule has 3 N–H and O–H groups in total. The number of phenolic OH excluding ortho intramolecular Hbond substituents is 1. The number of likely N-dealkylation sites (tertiary alicyclic amines) is 1. The summed E-state index contributed by atoms with van der Waals surface area (Å²) >= 11 is 0. The highest BCUT2D eigenvalue weighted by atomic mass is 19.4. The van der Waals surface area contributed by atoms with Crippen molar-refractivity contribution in [3.05, 3.63) is 29.5 Å². The molecule has 3 rings (SSSR count). The molecular formula is C19H24F3N5O2. The van der Waals surface area contributed by atoms with E-state index < -0.39 is 17.5 Å². The number of aliphatic hydroxyl groups excluding tert-OH is 1. The second-order valence-corrected chi connectivity index (χ2v) is 7.31. The molecule has 2 atom stereocenters. The van der Waals surface area contributed by atoms with Gasteiger partial charge in [-0.2, -0.15) is 13.2 Å². The topological polar surface area (TPSA) is 94.4 Å². The Hall–Kier alpha value is -2.46. The normalized spacial score (nSPS) is 19.2. The molecule has 1 saturated heterocycles. The lowest BCUT2D eigenvalue weighted by atomic mass is 10.0. The first kappa shape index (κ1) is 21.3. The number of alkyl halides is 3. The number of rotatable bonds is 5. The van der Waals surface area contributed by atoms with Crippen LogP contribution in [0, 0.1) is 6.92 Å². The van der Waals surface area contributed by atoms with E-state index in [2.05, 4.69) is 25.4 Å². The van der Waals surface area contributed by atoms with Gasteiger partial charge in [-0.3, -0.25) is 4.90 Å². The number of anilines is 1. The van der Waals surface area contributed by atoms with Crippen LogP contribution in [0.3, 0.4) is 0 Å². The molecule has 0 bridgehead atoms. The predicted octanol–water partition coefficient (Wildman–Crippen LogP) is 2.83. The highest BCUT2D eigenvalue weighted by molar-refractivity contribution is 5.69. The lowest BCUT2D eigenvalue weighted by Gasteiger charge is -2.36. The fourth-order valence-electron chi connectivity index (χ4n) is 3.44. The Kier molecular flexibility index (Phi) is 6.23. The Morgan fingerprint density at radius 1 is 1.31 bits per heavy atom. The second-order valence-electron chi connectivity index (χ2n) is 7.31. The van der Waals surface area contributed by atoms with Gasteiger partial charge in [0.25, 0.3) is 0 Å². The van der Waals surface area contributed by atoms with Crippen molar-refractivity contribution in [3.8, 4) is 17.0 Å². The van der Waals surface area contributed by atoms with Crippen LogP contribution in [0.15, 0.2) is 18.2 Å². The molecule has 158 valence electrons. The maximum absolute atomic E-state index is 12.8. The summed E-state index contributed by atoms with van der Waals surface area (Å²) in [4.78, 5) is 6.55. The molecule has 29 heavy (non-hydrogen) atoms. The molecule has 1 aromatic heterocycles. The molecule has 1 fully saturated rings. The van der Waals surface area contributed by atoms with Crippen LogP contribution >= 0.6 is 0 Å². The van der Waals surface area contributed by atoms with Gasteiger partial charge in [0.2, 0.25) is 5.95 Å². The van der Waals surface area contributed by atoms with Gasteiger partial charge in [-0.1, -0.05) is 0 Å². The van der Waals surface area contributed by atoms with Gasteiger partial charge in [0.1, 0.15) is 11.4 Å². The van der Waals surface area contributed by atoms with Gasteiger partial charge in [0.05, 0.1) is 17.9 Å². The molecule has 0 aliphatic carbocycles. The SMILES string of the molecule is Cc1nc(NC2CCCN(C(C)CO)C2)nnc1-c1ccc(C(F)(F)F)cc1O. The van der Waals surface area contributed by atoms with Crippen molar-refractivity contribution in [2.75, 3.05) is 25.0 Å². The van der Waals surface area contributed by atoms with E-state index in [4.69, 9.17) is 0 Å². The monoisotopic (exact) mass is 411 g/mol. The van der Waals surface area contributed by atoms with Crippen molar-refractivity contribution >= 4 is 5.95 Å². The summed E-state index contributed by atoms with van der Waals surface area (Å²) in [7, 11) is 0.